The molecule has 0 radical (unpaired) electrons. The van der Waals surface area contributed by atoms with Gasteiger partial charge in [0, 0.05) is 17.1 Å². The third-order valence-corrected chi connectivity index (χ3v) is 3.33. The molecule has 0 bridgehead atoms. The zero-order chi connectivity index (χ0) is 13.2. The van der Waals surface area contributed by atoms with Crippen molar-refractivity contribution >= 4 is 21.6 Å². The fourth-order valence-corrected chi connectivity index (χ4v) is 2.44. The van der Waals surface area contributed by atoms with E-state index in [-0.39, 0.29) is 0 Å². The quantitative estimate of drug-likeness (QED) is 0.745. The van der Waals surface area contributed by atoms with Gasteiger partial charge in [0.15, 0.2) is 17.2 Å². The molecule has 0 aliphatic rings. The molecule has 0 saturated carbocycles. The molecule has 4 nitrogen and oxygen atoms in total. The van der Waals surface area contributed by atoms with Crippen molar-refractivity contribution in [2.24, 2.45) is 0 Å². The van der Waals surface area contributed by atoms with E-state index in [1.165, 1.54) is 5.56 Å². The summed E-state index contributed by atoms with van der Waals surface area (Å²) in [6, 6.07) is 11.9. The Kier molecular flexibility index (Phi) is 3.21. The molecule has 0 N–H and O–H groups in total. The summed E-state index contributed by atoms with van der Waals surface area (Å²) in [4.78, 5) is 4.52. The van der Waals surface area contributed by atoms with Crippen LogP contribution in [-0.4, -0.2) is 21.7 Å². The SMILES string of the molecule is COc1cccn2nc(Cc3cccc(Br)c3)nc12. The summed E-state index contributed by atoms with van der Waals surface area (Å²) in [5, 5.41) is 4.46. The molecule has 5 heteroatoms. The molecule has 0 spiro atoms. The summed E-state index contributed by atoms with van der Waals surface area (Å²) in [6.07, 6.45) is 2.57. The predicted octanol–water partition coefficient (Wildman–Crippen LogP) is 3.09. The molecule has 0 unspecified atom stereocenters. The third kappa shape index (κ3) is 2.46. The van der Waals surface area contributed by atoms with E-state index in [2.05, 4.69) is 38.1 Å². The lowest BCUT2D eigenvalue weighted by Gasteiger charge is -1.98. The molecule has 2 heterocycles. The number of hydrogen-bond acceptors (Lipinski definition) is 3. The number of methoxy groups -OCH3 is 1. The maximum atomic E-state index is 5.28. The number of rotatable bonds is 3. The Morgan fingerprint density at radius 2 is 2.16 bits per heavy atom. The Morgan fingerprint density at radius 1 is 1.26 bits per heavy atom. The van der Waals surface area contributed by atoms with Crippen LogP contribution in [0.15, 0.2) is 47.1 Å². The molecule has 3 rings (SSSR count). The number of ether oxygens (including phenoxy) is 1. The molecule has 0 aliphatic heterocycles. The van der Waals surface area contributed by atoms with Crippen LogP contribution in [0, 0.1) is 0 Å². The van der Waals surface area contributed by atoms with Crippen LogP contribution in [0.2, 0.25) is 0 Å². The van der Waals surface area contributed by atoms with E-state index in [9.17, 15) is 0 Å². The van der Waals surface area contributed by atoms with Gasteiger partial charge < -0.3 is 4.74 Å². The second kappa shape index (κ2) is 5.01. The number of halogens is 1. The first kappa shape index (κ1) is 12.2. The van der Waals surface area contributed by atoms with E-state index >= 15 is 0 Å². The molecule has 0 atom stereocenters. The molecule has 19 heavy (non-hydrogen) atoms. The van der Waals surface area contributed by atoms with Gasteiger partial charge >= 0.3 is 0 Å². The smallest absolute Gasteiger partial charge is 0.198 e. The minimum Gasteiger partial charge on any atom is -0.493 e. The van der Waals surface area contributed by atoms with Crippen molar-refractivity contribution in [3.05, 3.63) is 58.5 Å². The van der Waals surface area contributed by atoms with Gasteiger partial charge in [-0.2, -0.15) is 5.10 Å². The Hall–Kier alpha value is -1.88. The van der Waals surface area contributed by atoms with Crippen LogP contribution in [0.5, 0.6) is 5.75 Å². The Bertz CT molecular complexity index is 724. The Morgan fingerprint density at radius 3 is 2.95 bits per heavy atom. The predicted molar refractivity (Wildman–Crippen MR) is 76.5 cm³/mol. The van der Waals surface area contributed by atoms with Crippen LogP contribution >= 0.6 is 15.9 Å². The number of nitrogens with zero attached hydrogens (tertiary/aromatic N) is 3. The van der Waals surface area contributed by atoms with Gasteiger partial charge in [-0.15, -0.1) is 0 Å². The topological polar surface area (TPSA) is 39.4 Å². The largest absolute Gasteiger partial charge is 0.493 e. The lowest BCUT2D eigenvalue weighted by atomic mass is 10.1. The first-order chi connectivity index (χ1) is 9.26. The fraction of sp³-hybridized carbons (Fsp3) is 0.143. The number of benzene rings is 1. The summed E-state index contributed by atoms with van der Waals surface area (Å²) in [7, 11) is 1.64. The average Bonchev–Trinajstić information content (AvgIpc) is 2.80. The zero-order valence-corrected chi connectivity index (χ0v) is 12.0. The van der Waals surface area contributed by atoms with Crippen molar-refractivity contribution in [3.8, 4) is 5.75 Å². The second-order valence-corrected chi connectivity index (χ2v) is 5.10. The molecule has 3 aromatic rings. The Labute approximate surface area is 119 Å². The summed E-state index contributed by atoms with van der Waals surface area (Å²) in [5.41, 5.74) is 1.92. The number of pyridine rings is 1. The van der Waals surface area contributed by atoms with Gasteiger partial charge in [-0.05, 0) is 29.8 Å². The van der Waals surface area contributed by atoms with Gasteiger partial charge in [0.2, 0.25) is 0 Å². The van der Waals surface area contributed by atoms with Gasteiger partial charge in [-0.3, -0.25) is 0 Å². The van der Waals surface area contributed by atoms with E-state index in [0.29, 0.717) is 6.42 Å². The molecular formula is C14H12BrN3O. The van der Waals surface area contributed by atoms with Gasteiger partial charge in [0.05, 0.1) is 7.11 Å². The van der Waals surface area contributed by atoms with E-state index in [0.717, 1.165) is 21.7 Å². The van der Waals surface area contributed by atoms with Crippen LogP contribution in [0.1, 0.15) is 11.4 Å². The minimum atomic E-state index is 0.699. The van der Waals surface area contributed by atoms with E-state index in [1.807, 2.05) is 30.5 Å². The summed E-state index contributed by atoms with van der Waals surface area (Å²) in [5.74, 6) is 1.51. The van der Waals surface area contributed by atoms with Crippen molar-refractivity contribution in [2.75, 3.05) is 7.11 Å². The van der Waals surface area contributed by atoms with Crippen LogP contribution in [0.3, 0.4) is 0 Å². The first-order valence-corrected chi connectivity index (χ1v) is 6.68. The van der Waals surface area contributed by atoms with Crippen LogP contribution in [-0.2, 0) is 6.42 Å². The molecule has 0 saturated heterocycles. The highest BCUT2D eigenvalue weighted by Crippen LogP contribution is 2.18. The van der Waals surface area contributed by atoms with Crippen LogP contribution in [0.25, 0.3) is 5.65 Å². The van der Waals surface area contributed by atoms with Crippen LogP contribution in [0.4, 0.5) is 0 Å². The first-order valence-electron chi connectivity index (χ1n) is 5.89. The summed E-state index contributed by atoms with van der Waals surface area (Å²) in [6.45, 7) is 0. The third-order valence-electron chi connectivity index (χ3n) is 2.84. The number of fused-ring (bicyclic) bond motifs is 1. The number of aromatic nitrogens is 3. The van der Waals surface area contributed by atoms with Crippen molar-refractivity contribution in [3.63, 3.8) is 0 Å². The van der Waals surface area contributed by atoms with Gasteiger partial charge in [-0.25, -0.2) is 9.50 Å². The summed E-state index contributed by atoms with van der Waals surface area (Å²) < 4.78 is 8.08. The Balaban J connectivity index is 1.98. The van der Waals surface area contributed by atoms with Gasteiger partial charge in [-0.1, -0.05) is 28.1 Å². The highest BCUT2D eigenvalue weighted by Gasteiger charge is 2.08. The van der Waals surface area contributed by atoms with E-state index < -0.39 is 0 Å². The monoisotopic (exact) mass is 317 g/mol. The molecule has 0 fully saturated rings. The zero-order valence-electron chi connectivity index (χ0n) is 10.4. The molecule has 96 valence electrons. The maximum absolute atomic E-state index is 5.28. The standard InChI is InChI=1S/C14H12BrN3O/c1-19-12-6-3-7-18-14(12)16-13(17-18)9-10-4-2-5-11(15)8-10/h2-8H,9H2,1H3. The highest BCUT2D eigenvalue weighted by atomic mass is 79.9. The lowest BCUT2D eigenvalue weighted by Crippen LogP contribution is -1.92. The van der Waals surface area contributed by atoms with Crippen molar-refractivity contribution in [2.45, 2.75) is 6.42 Å². The lowest BCUT2D eigenvalue weighted by molar-refractivity contribution is 0.416. The van der Waals surface area contributed by atoms with Gasteiger partial charge in [0.1, 0.15) is 0 Å². The average molecular weight is 318 g/mol. The van der Waals surface area contributed by atoms with Crippen molar-refractivity contribution in [1.29, 1.82) is 0 Å². The van der Waals surface area contributed by atoms with E-state index in [4.69, 9.17) is 4.74 Å². The van der Waals surface area contributed by atoms with Crippen LogP contribution < -0.4 is 4.74 Å². The van der Waals surface area contributed by atoms with Crippen molar-refractivity contribution < 1.29 is 4.74 Å². The second-order valence-electron chi connectivity index (χ2n) is 4.18. The summed E-state index contributed by atoms with van der Waals surface area (Å²) >= 11 is 3.47. The molecule has 2 aromatic heterocycles. The fourth-order valence-electron chi connectivity index (χ4n) is 1.99. The highest BCUT2D eigenvalue weighted by molar-refractivity contribution is 9.10. The molecule has 0 amide bonds. The molecule has 1 aromatic carbocycles. The molecular weight excluding hydrogens is 306 g/mol. The normalized spacial score (nSPS) is 10.8. The maximum Gasteiger partial charge on any atom is 0.198 e. The van der Waals surface area contributed by atoms with E-state index in [1.54, 1.807) is 11.6 Å². The number of hydrogen-bond donors (Lipinski definition) is 0. The molecule has 0 aliphatic carbocycles. The van der Waals surface area contributed by atoms with Crippen molar-refractivity contribution in [1.82, 2.24) is 14.6 Å². The minimum absolute atomic E-state index is 0.699. The van der Waals surface area contributed by atoms with Gasteiger partial charge in [0.25, 0.3) is 0 Å².